The van der Waals surface area contributed by atoms with Crippen LogP contribution in [0.25, 0.3) is 0 Å². The molecule has 2 aliphatic rings. The zero-order chi connectivity index (χ0) is 26.5. The Morgan fingerprint density at radius 3 is 2.70 bits per heavy atom. The molecule has 2 N–H and O–H groups in total. The molecule has 1 aliphatic carbocycles. The van der Waals surface area contributed by atoms with Crippen molar-refractivity contribution in [1.29, 1.82) is 0 Å². The molecule has 3 heterocycles. The molecule has 5 rings (SSSR count). The third-order valence-electron chi connectivity index (χ3n) is 6.41. The fourth-order valence-electron chi connectivity index (χ4n) is 4.72. The van der Waals surface area contributed by atoms with Crippen LogP contribution in [0.1, 0.15) is 68.7 Å². The molecule has 2 aromatic heterocycles. The molecular weight excluding hydrogens is 597 g/mol. The minimum Gasteiger partial charge on any atom is -0.462 e. The molecule has 0 spiro atoms. The van der Waals surface area contributed by atoms with Crippen LogP contribution < -0.4 is 10.6 Å². The quantitative estimate of drug-likeness (QED) is 0.303. The van der Waals surface area contributed by atoms with Crippen LogP contribution in [0.3, 0.4) is 0 Å². The number of nitrogens with zero attached hydrogens (tertiary/aromatic N) is 2. The maximum atomic E-state index is 14.1. The van der Waals surface area contributed by atoms with Crippen molar-refractivity contribution in [3.63, 3.8) is 0 Å². The lowest BCUT2D eigenvalue weighted by molar-refractivity contribution is -0.173. The minimum atomic E-state index is -4.63. The second-order valence-corrected chi connectivity index (χ2v) is 11.1. The number of halogens is 5. The summed E-state index contributed by atoms with van der Waals surface area (Å²) in [7, 11) is 0. The summed E-state index contributed by atoms with van der Waals surface area (Å²) in [5.74, 6) is -1.45. The summed E-state index contributed by atoms with van der Waals surface area (Å²) >= 11 is 11.0. The Morgan fingerprint density at radius 2 is 2.03 bits per heavy atom. The smallest absolute Gasteiger partial charge is 0.410 e. The molecule has 3 aromatic rings. The number of ether oxygens (including phenoxy) is 1. The zero-order valence-electron chi connectivity index (χ0n) is 19.4. The standard InChI is InChI=1S/C24H21BrClF3N4O3S/c1-2-36-23(35)17-13-4-3-5-15(13)37-22(17)31-21(34)19-18(26)20-30-14(11-6-8-12(25)9-7-11)10-16(24(27,28)29)33(20)32-19/h6-9,14,16,30H,2-5,10H2,1H3,(H,31,34)/t14-,16+/m1/s1. The van der Waals surface area contributed by atoms with Crippen LogP contribution in [0.4, 0.5) is 24.0 Å². The summed E-state index contributed by atoms with van der Waals surface area (Å²) in [6, 6.07) is 4.23. The van der Waals surface area contributed by atoms with Gasteiger partial charge in [-0.25, -0.2) is 9.48 Å². The van der Waals surface area contributed by atoms with Gasteiger partial charge in [-0.15, -0.1) is 11.3 Å². The number of aryl methyl sites for hydroxylation is 1. The van der Waals surface area contributed by atoms with Gasteiger partial charge in [0.2, 0.25) is 0 Å². The number of fused-ring (bicyclic) bond motifs is 2. The van der Waals surface area contributed by atoms with E-state index in [4.69, 9.17) is 16.3 Å². The lowest BCUT2D eigenvalue weighted by atomic mass is 9.97. The fourth-order valence-corrected chi connectivity index (χ4v) is 6.52. The Balaban J connectivity index is 1.49. The third-order valence-corrected chi connectivity index (χ3v) is 8.50. The maximum absolute atomic E-state index is 14.1. The number of anilines is 2. The Labute approximate surface area is 227 Å². The number of carbonyl (C=O) groups is 2. The average Bonchev–Trinajstić information content (AvgIpc) is 3.51. The molecule has 0 fully saturated rings. The van der Waals surface area contributed by atoms with Crippen LogP contribution in [0.15, 0.2) is 28.7 Å². The zero-order valence-corrected chi connectivity index (χ0v) is 22.6. The average molecular weight is 618 g/mol. The molecular formula is C24H21BrClF3N4O3S. The summed E-state index contributed by atoms with van der Waals surface area (Å²) in [6.07, 6.45) is -2.60. The Morgan fingerprint density at radius 1 is 1.30 bits per heavy atom. The highest BCUT2D eigenvalue weighted by atomic mass is 79.9. The molecule has 37 heavy (non-hydrogen) atoms. The molecule has 0 radical (unpaired) electrons. The summed E-state index contributed by atoms with van der Waals surface area (Å²) in [6.45, 7) is 1.85. The number of amides is 1. The van der Waals surface area contributed by atoms with Gasteiger partial charge in [0.1, 0.15) is 15.8 Å². The molecule has 0 unspecified atom stereocenters. The van der Waals surface area contributed by atoms with Gasteiger partial charge in [0.15, 0.2) is 11.7 Å². The Kier molecular flexibility index (Phi) is 7.01. The largest absolute Gasteiger partial charge is 0.462 e. The number of rotatable bonds is 5. The van der Waals surface area contributed by atoms with Crippen LogP contribution >= 0.6 is 38.9 Å². The third kappa shape index (κ3) is 4.86. The van der Waals surface area contributed by atoms with Gasteiger partial charge in [-0.1, -0.05) is 39.7 Å². The van der Waals surface area contributed by atoms with Crippen molar-refractivity contribution in [1.82, 2.24) is 9.78 Å². The number of nitrogens with one attached hydrogen (secondary N) is 2. The summed E-state index contributed by atoms with van der Waals surface area (Å²) in [5, 5.41) is 9.71. The van der Waals surface area contributed by atoms with E-state index in [0.717, 1.165) is 32.4 Å². The van der Waals surface area contributed by atoms with E-state index in [9.17, 15) is 22.8 Å². The topological polar surface area (TPSA) is 85.2 Å². The summed E-state index contributed by atoms with van der Waals surface area (Å²) < 4.78 is 48.9. The molecule has 0 saturated carbocycles. The highest BCUT2D eigenvalue weighted by molar-refractivity contribution is 9.10. The van der Waals surface area contributed by atoms with E-state index in [0.29, 0.717) is 12.0 Å². The van der Waals surface area contributed by atoms with Crippen LogP contribution in [-0.4, -0.2) is 34.4 Å². The molecule has 1 amide bonds. The summed E-state index contributed by atoms with van der Waals surface area (Å²) in [5.41, 5.74) is 1.40. The van der Waals surface area contributed by atoms with Gasteiger partial charge in [0.25, 0.3) is 5.91 Å². The molecule has 1 aliphatic heterocycles. The van der Waals surface area contributed by atoms with E-state index in [-0.39, 0.29) is 40.1 Å². The number of thiophene rings is 1. The number of hydrogen-bond donors (Lipinski definition) is 2. The molecule has 2 atom stereocenters. The van der Waals surface area contributed by atoms with E-state index >= 15 is 0 Å². The number of esters is 1. The molecule has 0 bridgehead atoms. The second kappa shape index (κ2) is 9.95. The van der Waals surface area contributed by atoms with Gasteiger partial charge in [-0.05, 0) is 49.4 Å². The number of carbonyl (C=O) groups excluding carboxylic acids is 2. The van der Waals surface area contributed by atoms with E-state index in [1.54, 1.807) is 31.2 Å². The summed E-state index contributed by atoms with van der Waals surface area (Å²) in [4.78, 5) is 26.8. The van der Waals surface area contributed by atoms with Crippen LogP contribution in [0.5, 0.6) is 0 Å². The molecule has 1 aromatic carbocycles. The van der Waals surface area contributed by atoms with Crippen molar-refractivity contribution < 1.29 is 27.5 Å². The van der Waals surface area contributed by atoms with Crippen LogP contribution in [0, 0.1) is 0 Å². The first-order valence-corrected chi connectivity index (χ1v) is 13.6. The Hall–Kier alpha value is -2.57. The molecule has 196 valence electrons. The first kappa shape index (κ1) is 26.1. The highest BCUT2D eigenvalue weighted by Gasteiger charge is 2.48. The Bertz CT molecular complexity index is 1370. The van der Waals surface area contributed by atoms with E-state index in [2.05, 4.69) is 31.7 Å². The predicted octanol–water partition coefficient (Wildman–Crippen LogP) is 6.94. The van der Waals surface area contributed by atoms with Gasteiger partial charge in [0.05, 0.1) is 18.2 Å². The van der Waals surface area contributed by atoms with Gasteiger partial charge < -0.3 is 15.4 Å². The maximum Gasteiger partial charge on any atom is 0.410 e. The van der Waals surface area contributed by atoms with Gasteiger partial charge in [0, 0.05) is 15.8 Å². The van der Waals surface area contributed by atoms with E-state index < -0.39 is 30.1 Å². The van der Waals surface area contributed by atoms with Gasteiger partial charge in [-0.2, -0.15) is 18.3 Å². The lowest BCUT2D eigenvalue weighted by Crippen LogP contribution is -2.35. The molecule has 13 heteroatoms. The van der Waals surface area contributed by atoms with Crippen molar-refractivity contribution in [2.24, 2.45) is 0 Å². The first-order valence-electron chi connectivity index (χ1n) is 11.6. The van der Waals surface area contributed by atoms with Crippen molar-refractivity contribution in [3.05, 3.63) is 61.0 Å². The number of alkyl halides is 3. The monoisotopic (exact) mass is 616 g/mol. The van der Waals surface area contributed by atoms with E-state index in [1.165, 1.54) is 11.3 Å². The number of aromatic nitrogens is 2. The minimum absolute atomic E-state index is 0.0902. The van der Waals surface area contributed by atoms with Crippen LogP contribution in [-0.2, 0) is 17.6 Å². The molecule has 0 saturated heterocycles. The fraction of sp³-hybridized carbons (Fsp3) is 0.375. The predicted molar refractivity (Wildman–Crippen MR) is 138 cm³/mol. The van der Waals surface area contributed by atoms with E-state index in [1.807, 2.05) is 0 Å². The number of hydrogen-bond acceptors (Lipinski definition) is 6. The van der Waals surface area contributed by atoms with Crippen LogP contribution in [0.2, 0.25) is 5.02 Å². The van der Waals surface area contributed by atoms with Gasteiger partial charge in [-0.3, -0.25) is 4.79 Å². The van der Waals surface area contributed by atoms with Gasteiger partial charge >= 0.3 is 12.1 Å². The SMILES string of the molecule is CCOC(=O)c1c(NC(=O)c2nn3c(c2Cl)N[C@@H](c2ccc(Br)cc2)C[C@H]3C(F)(F)F)sc2c1CCC2. The van der Waals surface area contributed by atoms with Crippen molar-refractivity contribution in [3.8, 4) is 0 Å². The molecule has 7 nitrogen and oxygen atoms in total. The second-order valence-electron chi connectivity index (χ2n) is 8.73. The van der Waals surface area contributed by atoms with Crippen molar-refractivity contribution >= 4 is 61.6 Å². The normalized spacial score (nSPS) is 18.6. The van der Waals surface area contributed by atoms with Crippen molar-refractivity contribution in [2.45, 2.75) is 50.9 Å². The first-order chi connectivity index (χ1) is 17.6. The lowest BCUT2D eigenvalue weighted by Gasteiger charge is -2.33. The number of benzene rings is 1. The van der Waals surface area contributed by atoms with Crippen molar-refractivity contribution in [2.75, 3.05) is 17.2 Å². The highest BCUT2D eigenvalue weighted by Crippen LogP contribution is 2.47.